The van der Waals surface area contributed by atoms with Gasteiger partial charge in [0.05, 0.1) is 5.92 Å². The Balaban J connectivity index is 2.10. The smallest absolute Gasteiger partial charge is 0.229 e. The molecule has 11 heavy (non-hydrogen) atoms. The molecular formula is C7H12N2O2. The molecule has 0 spiro atoms. The molecule has 0 radical (unpaired) electrons. The Hall–Kier alpha value is -0.610. The van der Waals surface area contributed by atoms with Crippen LogP contribution in [0.25, 0.3) is 0 Å². The zero-order chi connectivity index (χ0) is 7.84. The fourth-order valence-electron chi connectivity index (χ4n) is 1.95. The molecule has 2 fully saturated rings. The Kier molecular flexibility index (Phi) is 1.58. The summed E-state index contributed by atoms with van der Waals surface area (Å²) in [5.41, 5.74) is 0. The second-order valence-electron chi connectivity index (χ2n) is 3.23. The predicted octanol–water partition coefficient (Wildman–Crippen LogP) is -1.39. The first-order valence-electron chi connectivity index (χ1n) is 3.93. The van der Waals surface area contributed by atoms with Crippen LogP contribution in [0.1, 0.15) is 0 Å². The summed E-state index contributed by atoms with van der Waals surface area (Å²) >= 11 is 0. The van der Waals surface area contributed by atoms with Crippen LogP contribution >= 0.6 is 0 Å². The van der Waals surface area contributed by atoms with E-state index in [0.717, 1.165) is 19.6 Å². The van der Waals surface area contributed by atoms with Crippen molar-refractivity contribution >= 4 is 5.91 Å². The summed E-state index contributed by atoms with van der Waals surface area (Å²) < 4.78 is 0. The number of hydrogen-bond donors (Lipinski definition) is 2. The summed E-state index contributed by atoms with van der Waals surface area (Å²) in [7, 11) is 0. The van der Waals surface area contributed by atoms with Gasteiger partial charge in [0.2, 0.25) is 5.91 Å². The van der Waals surface area contributed by atoms with Gasteiger partial charge in [-0.15, -0.1) is 0 Å². The van der Waals surface area contributed by atoms with Gasteiger partial charge in [0.25, 0.3) is 0 Å². The van der Waals surface area contributed by atoms with Gasteiger partial charge < -0.3 is 15.3 Å². The molecule has 2 atom stereocenters. The molecular weight excluding hydrogens is 144 g/mol. The summed E-state index contributed by atoms with van der Waals surface area (Å²) in [6.07, 6.45) is 0. The molecule has 0 aliphatic carbocycles. The minimum Gasteiger partial charge on any atom is -0.376 e. The van der Waals surface area contributed by atoms with Gasteiger partial charge in [-0.05, 0) is 0 Å². The topological polar surface area (TPSA) is 52.6 Å². The quantitative estimate of drug-likeness (QED) is 0.491. The average molecular weight is 156 g/mol. The minimum atomic E-state index is -0.119. The number of aliphatic hydroxyl groups excluding tert-OH is 1. The first kappa shape index (κ1) is 7.06. The van der Waals surface area contributed by atoms with E-state index in [4.69, 9.17) is 5.11 Å². The van der Waals surface area contributed by atoms with E-state index in [1.165, 1.54) is 4.90 Å². The number of carbonyl (C=O) groups excluding carboxylic acids is 1. The molecule has 2 unspecified atom stereocenters. The molecule has 2 aliphatic heterocycles. The zero-order valence-corrected chi connectivity index (χ0v) is 6.29. The minimum absolute atomic E-state index is 0.113. The Bertz CT molecular complexity index is 183. The maximum atomic E-state index is 11.3. The van der Waals surface area contributed by atoms with Crippen LogP contribution in [0, 0.1) is 11.8 Å². The van der Waals surface area contributed by atoms with Crippen molar-refractivity contribution < 1.29 is 9.90 Å². The van der Waals surface area contributed by atoms with Crippen molar-refractivity contribution in [2.24, 2.45) is 11.8 Å². The van der Waals surface area contributed by atoms with E-state index in [0.29, 0.717) is 5.92 Å². The van der Waals surface area contributed by atoms with Gasteiger partial charge in [-0.3, -0.25) is 4.79 Å². The predicted molar refractivity (Wildman–Crippen MR) is 38.6 cm³/mol. The average Bonchev–Trinajstić information content (AvgIpc) is 2.53. The Morgan fingerprint density at radius 3 is 3.09 bits per heavy atom. The molecule has 0 aromatic heterocycles. The van der Waals surface area contributed by atoms with E-state index in [-0.39, 0.29) is 18.6 Å². The van der Waals surface area contributed by atoms with E-state index in [1.54, 1.807) is 0 Å². The highest BCUT2D eigenvalue weighted by Crippen LogP contribution is 2.26. The number of nitrogens with zero attached hydrogens (tertiary/aromatic N) is 1. The first-order valence-corrected chi connectivity index (χ1v) is 3.93. The summed E-state index contributed by atoms with van der Waals surface area (Å²) in [6, 6.07) is 0. The van der Waals surface area contributed by atoms with Crippen molar-refractivity contribution in [3.63, 3.8) is 0 Å². The van der Waals surface area contributed by atoms with Crippen molar-refractivity contribution in [2.75, 3.05) is 26.4 Å². The molecule has 2 N–H and O–H groups in total. The van der Waals surface area contributed by atoms with E-state index in [9.17, 15) is 4.79 Å². The lowest BCUT2D eigenvalue weighted by Crippen LogP contribution is -2.31. The van der Waals surface area contributed by atoms with Crippen LogP contribution < -0.4 is 5.32 Å². The second-order valence-corrected chi connectivity index (χ2v) is 3.23. The number of fused-ring (bicyclic) bond motifs is 1. The highest BCUT2D eigenvalue weighted by molar-refractivity contribution is 5.82. The van der Waals surface area contributed by atoms with Crippen molar-refractivity contribution in [3.8, 4) is 0 Å². The van der Waals surface area contributed by atoms with Crippen LogP contribution in [-0.4, -0.2) is 42.3 Å². The highest BCUT2D eigenvalue weighted by atomic mass is 16.3. The standard InChI is InChI=1S/C7H12N2O2/c10-4-9-3-5-1-8-2-6(5)7(9)11/h5-6,8,10H,1-4H2. The molecule has 2 aliphatic rings. The Morgan fingerprint density at radius 1 is 1.64 bits per heavy atom. The number of aliphatic hydroxyl groups is 1. The Labute approximate surface area is 65.2 Å². The molecule has 0 bridgehead atoms. The molecule has 2 heterocycles. The fraction of sp³-hybridized carbons (Fsp3) is 0.857. The van der Waals surface area contributed by atoms with Crippen molar-refractivity contribution in [3.05, 3.63) is 0 Å². The lowest BCUT2D eigenvalue weighted by Gasteiger charge is -2.12. The van der Waals surface area contributed by atoms with Gasteiger partial charge in [-0.2, -0.15) is 0 Å². The number of rotatable bonds is 1. The third-order valence-electron chi connectivity index (χ3n) is 2.59. The summed E-state index contributed by atoms with van der Waals surface area (Å²) in [5, 5.41) is 11.9. The van der Waals surface area contributed by atoms with Crippen LogP contribution in [0.2, 0.25) is 0 Å². The normalized spacial score (nSPS) is 36.5. The lowest BCUT2D eigenvalue weighted by atomic mass is 10.0. The molecule has 2 rings (SSSR count). The molecule has 0 aromatic rings. The summed E-state index contributed by atoms with van der Waals surface area (Å²) in [4.78, 5) is 12.9. The maximum absolute atomic E-state index is 11.3. The monoisotopic (exact) mass is 156 g/mol. The van der Waals surface area contributed by atoms with Gasteiger partial charge in [0, 0.05) is 25.6 Å². The fourth-order valence-corrected chi connectivity index (χ4v) is 1.95. The van der Waals surface area contributed by atoms with E-state index in [2.05, 4.69) is 5.32 Å². The van der Waals surface area contributed by atoms with E-state index < -0.39 is 0 Å². The molecule has 0 saturated carbocycles. The molecule has 2 saturated heterocycles. The number of carbonyl (C=O) groups is 1. The largest absolute Gasteiger partial charge is 0.376 e. The maximum Gasteiger partial charge on any atom is 0.229 e. The number of nitrogens with one attached hydrogen (secondary N) is 1. The first-order chi connectivity index (χ1) is 5.33. The van der Waals surface area contributed by atoms with Gasteiger partial charge in [-0.1, -0.05) is 0 Å². The van der Waals surface area contributed by atoms with Gasteiger partial charge in [0.1, 0.15) is 6.73 Å². The van der Waals surface area contributed by atoms with Crippen molar-refractivity contribution in [1.82, 2.24) is 10.2 Å². The number of likely N-dealkylation sites (tertiary alicyclic amines) is 1. The van der Waals surface area contributed by atoms with E-state index >= 15 is 0 Å². The van der Waals surface area contributed by atoms with E-state index in [1.807, 2.05) is 0 Å². The SMILES string of the molecule is O=C1C2CNCC2CN1CO. The second kappa shape index (κ2) is 2.46. The zero-order valence-electron chi connectivity index (χ0n) is 6.29. The van der Waals surface area contributed by atoms with Crippen LogP contribution in [0.5, 0.6) is 0 Å². The lowest BCUT2D eigenvalue weighted by molar-refractivity contribution is -0.133. The van der Waals surface area contributed by atoms with Crippen LogP contribution in [0.15, 0.2) is 0 Å². The van der Waals surface area contributed by atoms with Gasteiger partial charge in [-0.25, -0.2) is 0 Å². The van der Waals surface area contributed by atoms with Crippen LogP contribution in [-0.2, 0) is 4.79 Å². The molecule has 4 nitrogen and oxygen atoms in total. The molecule has 4 heteroatoms. The summed E-state index contributed by atoms with van der Waals surface area (Å²) in [5.74, 6) is 0.694. The third-order valence-corrected chi connectivity index (χ3v) is 2.59. The van der Waals surface area contributed by atoms with Crippen molar-refractivity contribution in [1.29, 1.82) is 0 Å². The molecule has 0 aromatic carbocycles. The van der Waals surface area contributed by atoms with Crippen molar-refractivity contribution in [2.45, 2.75) is 0 Å². The van der Waals surface area contributed by atoms with Gasteiger partial charge in [0.15, 0.2) is 0 Å². The van der Waals surface area contributed by atoms with Crippen LogP contribution in [0.4, 0.5) is 0 Å². The summed E-state index contributed by atoms with van der Waals surface area (Å²) in [6.45, 7) is 2.33. The van der Waals surface area contributed by atoms with Gasteiger partial charge >= 0.3 is 0 Å². The van der Waals surface area contributed by atoms with Crippen LogP contribution in [0.3, 0.4) is 0 Å². The Morgan fingerprint density at radius 2 is 2.45 bits per heavy atom. The molecule has 1 amide bonds. The number of hydrogen-bond acceptors (Lipinski definition) is 3. The number of amides is 1. The highest BCUT2D eigenvalue weighted by Gasteiger charge is 2.42. The third kappa shape index (κ3) is 0.937. The molecule has 62 valence electrons.